The van der Waals surface area contributed by atoms with E-state index in [-0.39, 0.29) is 12.1 Å². The van der Waals surface area contributed by atoms with Crippen LogP contribution in [0.15, 0.2) is 53.2 Å². The van der Waals surface area contributed by atoms with Gasteiger partial charge in [-0.25, -0.2) is 9.97 Å². The number of ether oxygens (including phenoxy) is 2. The Morgan fingerprint density at radius 2 is 1.91 bits per heavy atom. The summed E-state index contributed by atoms with van der Waals surface area (Å²) >= 11 is 3.45. The maximum atomic E-state index is 6.17. The minimum atomic E-state index is 0.0362. The van der Waals surface area contributed by atoms with Crippen LogP contribution < -0.4 is 5.32 Å². The molecule has 2 atom stereocenters. The molecule has 34 heavy (non-hydrogen) atoms. The summed E-state index contributed by atoms with van der Waals surface area (Å²) in [6.45, 7) is 4.91. The van der Waals surface area contributed by atoms with Gasteiger partial charge in [-0.2, -0.15) is 0 Å². The lowest BCUT2D eigenvalue weighted by Gasteiger charge is -2.27. The number of nitrogens with one attached hydrogen (secondary N) is 1. The fourth-order valence-corrected chi connectivity index (χ4v) is 6.58. The number of rotatable bonds is 7. The van der Waals surface area contributed by atoms with Crippen LogP contribution in [0, 0.1) is 0 Å². The number of anilines is 1. The molecule has 0 radical (unpaired) electrons. The lowest BCUT2D eigenvalue weighted by atomic mass is 9.99. The molecule has 6 rings (SSSR count). The second-order valence-corrected chi connectivity index (χ2v) is 10.6. The zero-order chi connectivity index (χ0) is 22.7. The maximum absolute atomic E-state index is 6.17. The molecule has 0 amide bonds. The smallest absolute Gasteiger partial charge is 0.146 e. The average Bonchev–Trinajstić information content (AvgIpc) is 3.65. The van der Waals surface area contributed by atoms with Crippen molar-refractivity contribution in [2.24, 2.45) is 0 Å². The molecule has 2 fully saturated rings. The SMILES string of the molecule is c1ccc([C@H](Nc2nc(CN3CCOCC3)nc3scc(-c4cccs4)c23)[C@@H]2CCCO2)cc1. The Balaban J connectivity index is 1.42. The molecule has 3 aromatic heterocycles. The van der Waals surface area contributed by atoms with E-state index in [1.54, 1.807) is 22.7 Å². The molecule has 0 aliphatic carbocycles. The van der Waals surface area contributed by atoms with Gasteiger partial charge in [-0.1, -0.05) is 36.4 Å². The number of nitrogens with zero attached hydrogens (tertiary/aromatic N) is 3. The van der Waals surface area contributed by atoms with E-state index in [4.69, 9.17) is 19.4 Å². The number of fused-ring (bicyclic) bond motifs is 1. The normalized spacial score (nSPS) is 20.1. The van der Waals surface area contributed by atoms with Crippen molar-refractivity contribution in [1.29, 1.82) is 0 Å². The molecular formula is C26H28N4O2S2. The summed E-state index contributed by atoms with van der Waals surface area (Å²) in [6, 6.07) is 14.9. The van der Waals surface area contributed by atoms with Crippen LogP contribution in [0.3, 0.4) is 0 Å². The molecular weight excluding hydrogens is 464 g/mol. The molecule has 0 unspecified atom stereocenters. The molecule has 0 saturated carbocycles. The zero-order valence-corrected chi connectivity index (χ0v) is 20.6. The highest BCUT2D eigenvalue weighted by atomic mass is 32.1. The van der Waals surface area contributed by atoms with Crippen LogP contribution in [0.2, 0.25) is 0 Å². The van der Waals surface area contributed by atoms with Gasteiger partial charge in [0.05, 0.1) is 37.3 Å². The van der Waals surface area contributed by atoms with E-state index in [9.17, 15) is 0 Å². The highest BCUT2D eigenvalue weighted by Gasteiger charge is 2.29. The summed E-state index contributed by atoms with van der Waals surface area (Å²) in [5, 5.41) is 9.29. The molecule has 4 aromatic rings. The summed E-state index contributed by atoms with van der Waals surface area (Å²) < 4.78 is 11.7. The van der Waals surface area contributed by atoms with Gasteiger partial charge in [0.15, 0.2) is 0 Å². The summed E-state index contributed by atoms with van der Waals surface area (Å²) in [5.41, 5.74) is 2.43. The van der Waals surface area contributed by atoms with Crippen LogP contribution >= 0.6 is 22.7 Å². The van der Waals surface area contributed by atoms with Crippen LogP contribution in [0.5, 0.6) is 0 Å². The van der Waals surface area contributed by atoms with Gasteiger partial charge >= 0.3 is 0 Å². The maximum Gasteiger partial charge on any atom is 0.146 e. The van der Waals surface area contributed by atoms with E-state index in [1.165, 1.54) is 16.0 Å². The minimum Gasteiger partial charge on any atom is -0.379 e. The number of thiophene rings is 2. The molecule has 8 heteroatoms. The molecule has 6 nitrogen and oxygen atoms in total. The first-order valence-electron chi connectivity index (χ1n) is 11.9. The Bertz CT molecular complexity index is 1220. The molecule has 0 bridgehead atoms. The standard InChI is InChI=1S/C26H28N4O2S2/c1-2-6-18(7-3-1)24(20-8-4-12-32-20)29-25-23-19(21-9-5-15-33-21)17-34-26(23)28-22(27-25)16-30-10-13-31-14-11-30/h1-3,5-7,9,15,17,20,24H,4,8,10-14,16H2,(H,27,28,29)/t20-,24-/m0/s1. The largest absolute Gasteiger partial charge is 0.379 e. The lowest BCUT2D eigenvalue weighted by Crippen LogP contribution is -2.36. The van der Waals surface area contributed by atoms with Gasteiger partial charge in [0.2, 0.25) is 0 Å². The third-order valence-corrected chi connectivity index (χ3v) is 8.30. The van der Waals surface area contributed by atoms with Gasteiger partial charge in [-0.15, -0.1) is 22.7 Å². The topological polar surface area (TPSA) is 59.5 Å². The Hall–Kier alpha value is -2.36. The first kappa shape index (κ1) is 22.1. The number of hydrogen-bond acceptors (Lipinski definition) is 8. The Labute approximate surface area is 207 Å². The van der Waals surface area contributed by atoms with Crippen LogP contribution in [0.25, 0.3) is 20.7 Å². The molecule has 5 heterocycles. The van der Waals surface area contributed by atoms with Crippen molar-refractivity contribution >= 4 is 38.7 Å². The summed E-state index contributed by atoms with van der Waals surface area (Å²) in [6.07, 6.45) is 2.26. The molecule has 2 aliphatic heterocycles. The van der Waals surface area contributed by atoms with Crippen molar-refractivity contribution in [2.45, 2.75) is 31.5 Å². The van der Waals surface area contributed by atoms with Gasteiger partial charge < -0.3 is 14.8 Å². The van der Waals surface area contributed by atoms with E-state index in [0.29, 0.717) is 0 Å². The average molecular weight is 493 g/mol. The van der Waals surface area contributed by atoms with E-state index in [0.717, 1.165) is 74.2 Å². The predicted octanol–water partition coefficient (Wildman–Crippen LogP) is 5.58. The summed E-state index contributed by atoms with van der Waals surface area (Å²) in [5.74, 6) is 1.76. The van der Waals surface area contributed by atoms with Crippen LogP contribution in [0.1, 0.15) is 30.3 Å². The van der Waals surface area contributed by atoms with Crippen LogP contribution in [-0.4, -0.2) is 53.9 Å². The fourth-order valence-electron chi connectivity index (χ4n) is 4.80. The predicted molar refractivity (Wildman–Crippen MR) is 139 cm³/mol. The van der Waals surface area contributed by atoms with E-state index in [2.05, 4.69) is 63.4 Å². The molecule has 2 saturated heterocycles. The van der Waals surface area contributed by atoms with Gasteiger partial charge in [-0.3, -0.25) is 4.90 Å². The van der Waals surface area contributed by atoms with Crippen molar-refractivity contribution in [3.8, 4) is 10.4 Å². The van der Waals surface area contributed by atoms with Crippen molar-refractivity contribution in [1.82, 2.24) is 14.9 Å². The van der Waals surface area contributed by atoms with Gasteiger partial charge in [0, 0.05) is 35.5 Å². The summed E-state index contributed by atoms with van der Waals surface area (Å²) in [4.78, 5) is 14.8. The van der Waals surface area contributed by atoms with E-state index < -0.39 is 0 Å². The molecule has 2 aliphatic rings. The van der Waals surface area contributed by atoms with E-state index >= 15 is 0 Å². The highest BCUT2D eigenvalue weighted by molar-refractivity contribution is 7.18. The number of hydrogen-bond donors (Lipinski definition) is 1. The Morgan fingerprint density at radius 3 is 2.68 bits per heavy atom. The van der Waals surface area contributed by atoms with Gasteiger partial charge in [0.1, 0.15) is 16.5 Å². The highest BCUT2D eigenvalue weighted by Crippen LogP contribution is 2.41. The Kier molecular flexibility index (Phi) is 6.57. The molecule has 1 aromatic carbocycles. The van der Waals surface area contributed by atoms with Crippen LogP contribution in [0.4, 0.5) is 5.82 Å². The van der Waals surface area contributed by atoms with Gasteiger partial charge in [0.25, 0.3) is 0 Å². The second-order valence-electron chi connectivity index (χ2n) is 8.77. The van der Waals surface area contributed by atoms with E-state index in [1.807, 2.05) is 0 Å². The Morgan fingerprint density at radius 1 is 1.03 bits per heavy atom. The third kappa shape index (κ3) is 4.61. The van der Waals surface area contributed by atoms with Crippen molar-refractivity contribution in [3.63, 3.8) is 0 Å². The zero-order valence-electron chi connectivity index (χ0n) is 19.0. The lowest BCUT2D eigenvalue weighted by molar-refractivity contribution is 0.0331. The number of aromatic nitrogens is 2. The first-order valence-corrected chi connectivity index (χ1v) is 13.7. The van der Waals surface area contributed by atoms with Gasteiger partial charge in [-0.05, 0) is 29.9 Å². The minimum absolute atomic E-state index is 0.0362. The molecule has 176 valence electrons. The van der Waals surface area contributed by atoms with Crippen LogP contribution in [-0.2, 0) is 16.0 Å². The first-order chi connectivity index (χ1) is 16.8. The quantitative estimate of drug-likeness (QED) is 0.363. The number of benzene rings is 1. The van der Waals surface area contributed by atoms with Crippen molar-refractivity contribution < 1.29 is 9.47 Å². The fraction of sp³-hybridized carbons (Fsp3) is 0.385. The second kappa shape index (κ2) is 10.1. The summed E-state index contributed by atoms with van der Waals surface area (Å²) in [7, 11) is 0. The molecule has 0 spiro atoms. The number of morpholine rings is 1. The third-order valence-electron chi connectivity index (χ3n) is 6.52. The van der Waals surface area contributed by atoms with Crippen molar-refractivity contribution in [2.75, 3.05) is 38.2 Å². The molecule has 1 N–H and O–H groups in total. The van der Waals surface area contributed by atoms with Crippen molar-refractivity contribution in [3.05, 3.63) is 64.6 Å². The monoisotopic (exact) mass is 492 g/mol.